The molecular formula is C14H29NO3. The maximum Gasteiger partial charge on any atom is 0.407 e. The first-order valence-electron chi connectivity index (χ1n) is 6.63. The third-order valence-electron chi connectivity index (χ3n) is 2.25. The molecule has 0 heterocycles. The molecule has 0 aromatic carbocycles. The Balaban J connectivity index is 3.92. The number of alkyl carbamates (subject to hydrolysis) is 1. The van der Waals surface area contributed by atoms with E-state index in [2.05, 4.69) is 19.2 Å². The highest BCUT2D eigenvalue weighted by Crippen LogP contribution is 2.11. The lowest BCUT2D eigenvalue weighted by Gasteiger charge is -2.27. The van der Waals surface area contributed by atoms with Crippen molar-refractivity contribution in [2.24, 2.45) is 5.92 Å². The minimum atomic E-state index is -0.466. The molecule has 1 amide bonds. The number of hydrogen-bond acceptors (Lipinski definition) is 3. The van der Waals surface area contributed by atoms with Gasteiger partial charge in [-0.25, -0.2) is 4.79 Å². The van der Waals surface area contributed by atoms with Crippen LogP contribution in [0.4, 0.5) is 4.79 Å². The zero-order valence-electron chi connectivity index (χ0n) is 12.9. The topological polar surface area (TPSA) is 47.6 Å². The van der Waals surface area contributed by atoms with E-state index < -0.39 is 11.7 Å². The summed E-state index contributed by atoms with van der Waals surface area (Å²) in [7, 11) is 0. The van der Waals surface area contributed by atoms with Gasteiger partial charge in [0.2, 0.25) is 0 Å². The van der Waals surface area contributed by atoms with Crippen LogP contribution in [-0.4, -0.2) is 30.4 Å². The number of nitrogens with one attached hydrogen (secondary N) is 1. The Labute approximate surface area is 111 Å². The van der Waals surface area contributed by atoms with Crippen molar-refractivity contribution in [1.82, 2.24) is 5.32 Å². The third-order valence-corrected chi connectivity index (χ3v) is 2.25. The molecule has 108 valence electrons. The third kappa shape index (κ3) is 10.4. The molecule has 18 heavy (non-hydrogen) atoms. The highest BCUT2D eigenvalue weighted by molar-refractivity contribution is 5.67. The van der Waals surface area contributed by atoms with E-state index in [-0.39, 0.29) is 5.60 Å². The van der Waals surface area contributed by atoms with Crippen LogP contribution in [0.1, 0.15) is 54.9 Å². The van der Waals surface area contributed by atoms with Crippen molar-refractivity contribution < 1.29 is 14.3 Å². The van der Waals surface area contributed by atoms with Gasteiger partial charge in [0.05, 0.1) is 5.60 Å². The molecule has 4 nitrogen and oxygen atoms in total. The Bertz CT molecular complexity index is 254. The van der Waals surface area contributed by atoms with Gasteiger partial charge < -0.3 is 14.8 Å². The predicted molar refractivity (Wildman–Crippen MR) is 73.7 cm³/mol. The van der Waals surface area contributed by atoms with Crippen molar-refractivity contribution in [2.45, 2.75) is 66.1 Å². The van der Waals surface area contributed by atoms with Gasteiger partial charge in [0.25, 0.3) is 0 Å². The lowest BCUT2D eigenvalue weighted by molar-refractivity contribution is -0.0234. The summed E-state index contributed by atoms with van der Waals surface area (Å²) in [6.45, 7) is 14.9. The van der Waals surface area contributed by atoms with Gasteiger partial charge in [0.1, 0.15) is 5.60 Å². The normalized spacial score (nSPS) is 12.7. The van der Waals surface area contributed by atoms with Crippen LogP contribution in [-0.2, 0) is 9.47 Å². The molecule has 0 spiro atoms. The molecule has 0 aliphatic carbocycles. The van der Waals surface area contributed by atoms with E-state index in [1.54, 1.807) is 0 Å². The maximum atomic E-state index is 11.5. The summed E-state index contributed by atoms with van der Waals surface area (Å²) in [5.41, 5.74) is -0.835. The molecule has 1 N–H and O–H groups in total. The lowest BCUT2D eigenvalue weighted by Crippen LogP contribution is -2.42. The van der Waals surface area contributed by atoms with E-state index in [1.807, 2.05) is 34.6 Å². The van der Waals surface area contributed by atoms with E-state index in [1.165, 1.54) is 0 Å². The summed E-state index contributed by atoms with van der Waals surface area (Å²) in [6, 6.07) is 0. The first-order chi connectivity index (χ1) is 8.02. The van der Waals surface area contributed by atoms with Crippen LogP contribution in [0.2, 0.25) is 0 Å². The average Bonchev–Trinajstić information content (AvgIpc) is 2.11. The number of hydrogen-bond donors (Lipinski definition) is 1. The van der Waals surface area contributed by atoms with Gasteiger partial charge in [-0.1, -0.05) is 13.8 Å². The second kappa shape index (κ2) is 6.98. The summed E-state index contributed by atoms with van der Waals surface area (Å²) < 4.78 is 10.9. The van der Waals surface area contributed by atoms with E-state index >= 15 is 0 Å². The van der Waals surface area contributed by atoms with Crippen LogP contribution in [0.5, 0.6) is 0 Å². The van der Waals surface area contributed by atoms with Crippen LogP contribution < -0.4 is 5.32 Å². The molecular weight excluding hydrogens is 230 g/mol. The first-order valence-corrected chi connectivity index (χ1v) is 6.63. The van der Waals surface area contributed by atoms with Crippen molar-refractivity contribution in [2.75, 3.05) is 13.2 Å². The van der Waals surface area contributed by atoms with Crippen LogP contribution in [0.3, 0.4) is 0 Å². The SMILES string of the molecule is CC(C)CCOC(C)(C)CNC(=O)OC(C)(C)C. The second-order valence-corrected chi connectivity index (χ2v) is 6.65. The molecule has 0 aliphatic heterocycles. The molecule has 0 aliphatic rings. The van der Waals surface area contributed by atoms with Crippen molar-refractivity contribution in [3.8, 4) is 0 Å². The summed E-state index contributed by atoms with van der Waals surface area (Å²) in [4.78, 5) is 11.5. The molecule has 0 rings (SSSR count). The molecule has 4 heteroatoms. The maximum absolute atomic E-state index is 11.5. The first kappa shape index (κ1) is 17.2. The van der Waals surface area contributed by atoms with Gasteiger partial charge in [-0.15, -0.1) is 0 Å². The number of amides is 1. The largest absolute Gasteiger partial charge is 0.444 e. The number of rotatable bonds is 6. The monoisotopic (exact) mass is 259 g/mol. The van der Waals surface area contributed by atoms with Gasteiger partial charge in [-0.2, -0.15) is 0 Å². The van der Waals surface area contributed by atoms with Crippen molar-refractivity contribution in [3.05, 3.63) is 0 Å². The molecule has 0 aromatic rings. The predicted octanol–water partition coefficient (Wildman–Crippen LogP) is 3.35. The lowest BCUT2D eigenvalue weighted by atomic mass is 10.1. The Morgan fingerprint density at radius 3 is 2.17 bits per heavy atom. The molecule has 0 fully saturated rings. The fourth-order valence-corrected chi connectivity index (χ4v) is 1.22. The molecule has 0 bridgehead atoms. The van der Waals surface area contributed by atoms with Gasteiger partial charge in [-0.3, -0.25) is 0 Å². The van der Waals surface area contributed by atoms with Crippen LogP contribution in [0.25, 0.3) is 0 Å². The van der Waals surface area contributed by atoms with Crippen LogP contribution >= 0.6 is 0 Å². The highest BCUT2D eigenvalue weighted by atomic mass is 16.6. The zero-order chi connectivity index (χ0) is 14.4. The quantitative estimate of drug-likeness (QED) is 0.795. The Kier molecular flexibility index (Phi) is 6.68. The summed E-state index contributed by atoms with van der Waals surface area (Å²) in [6.07, 6.45) is 0.624. The van der Waals surface area contributed by atoms with E-state index in [4.69, 9.17) is 9.47 Å². The molecule has 0 atom stereocenters. The number of carbonyl (C=O) groups excluding carboxylic acids is 1. The minimum Gasteiger partial charge on any atom is -0.444 e. The summed E-state index contributed by atoms with van der Waals surface area (Å²) >= 11 is 0. The van der Waals surface area contributed by atoms with Crippen LogP contribution in [0.15, 0.2) is 0 Å². The summed E-state index contributed by atoms with van der Waals surface area (Å²) in [5, 5.41) is 2.73. The van der Waals surface area contributed by atoms with Crippen LogP contribution in [0, 0.1) is 5.92 Å². The fraction of sp³-hybridized carbons (Fsp3) is 0.929. The smallest absolute Gasteiger partial charge is 0.407 e. The standard InChI is InChI=1S/C14H29NO3/c1-11(2)8-9-17-14(6,7)10-15-12(16)18-13(3,4)5/h11H,8-10H2,1-7H3,(H,15,16). The minimum absolute atomic E-state index is 0.369. The Morgan fingerprint density at radius 1 is 1.17 bits per heavy atom. The summed E-state index contributed by atoms with van der Waals surface area (Å²) in [5.74, 6) is 0.625. The van der Waals surface area contributed by atoms with Gasteiger partial charge in [-0.05, 0) is 47.0 Å². The highest BCUT2D eigenvalue weighted by Gasteiger charge is 2.22. The molecule has 0 unspecified atom stereocenters. The zero-order valence-corrected chi connectivity index (χ0v) is 12.9. The average molecular weight is 259 g/mol. The van der Waals surface area contributed by atoms with Gasteiger partial charge >= 0.3 is 6.09 Å². The molecule has 0 saturated heterocycles. The second-order valence-electron chi connectivity index (χ2n) is 6.65. The van der Waals surface area contributed by atoms with Crippen molar-refractivity contribution in [3.63, 3.8) is 0 Å². The van der Waals surface area contributed by atoms with Gasteiger partial charge in [0, 0.05) is 13.2 Å². The number of carbonyl (C=O) groups is 1. The van der Waals surface area contributed by atoms with E-state index in [0.717, 1.165) is 6.42 Å². The van der Waals surface area contributed by atoms with Gasteiger partial charge in [0.15, 0.2) is 0 Å². The van der Waals surface area contributed by atoms with Crippen molar-refractivity contribution >= 4 is 6.09 Å². The molecule has 0 radical (unpaired) electrons. The van der Waals surface area contributed by atoms with E-state index in [0.29, 0.717) is 19.1 Å². The fourth-order valence-electron chi connectivity index (χ4n) is 1.22. The molecule has 0 saturated carbocycles. The van der Waals surface area contributed by atoms with Crippen molar-refractivity contribution in [1.29, 1.82) is 0 Å². The van der Waals surface area contributed by atoms with E-state index in [9.17, 15) is 4.79 Å². The Hall–Kier alpha value is -0.770. The Morgan fingerprint density at radius 2 is 1.72 bits per heavy atom. The number of ether oxygens (including phenoxy) is 2. The molecule has 0 aromatic heterocycles.